The lowest BCUT2D eigenvalue weighted by atomic mass is 9.91. The normalized spacial score (nSPS) is 18.2. The highest BCUT2D eigenvalue weighted by Gasteiger charge is 2.42. The number of imidazole rings is 1. The molecule has 2 aromatic heterocycles. The molecule has 1 aliphatic rings. The Morgan fingerprint density at radius 2 is 2.08 bits per heavy atom. The number of para-hydroxylation sites is 1. The summed E-state index contributed by atoms with van der Waals surface area (Å²) >= 11 is 0. The van der Waals surface area contributed by atoms with Gasteiger partial charge < -0.3 is 34.5 Å². The number of hydrogen-bond acceptors (Lipinski definition) is 8. The molecule has 11 heteroatoms. The molecule has 0 radical (unpaired) electrons. The number of methoxy groups -OCH3 is 1. The van der Waals surface area contributed by atoms with Crippen molar-refractivity contribution >= 4 is 17.5 Å². The maximum absolute atomic E-state index is 13.7. The summed E-state index contributed by atoms with van der Waals surface area (Å²) in [4.78, 5) is 37.3. The molecule has 0 spiro atoms. The summed E-state index contributed by atoms with van der Waals surface area (Å²) in [5.74, 6) is 0.0463. The lowest BCUT2D eigenvalue weighted by Crippen LogP contribution is -2.37. The number of carbonyl (C=O) groups excluding carboxylic acids is 2. The summed E-state index contributed by atoms with van der Waals surface area (Å²) in [5.41, 5.74) is 1.31. The number of aliphatic hydroxyl groups is 1. The van der Waals surface area contributed by atoms with E-state index in [1.165, 1.54) is 13.3 Å². The lowest BCUT2D eigenvalue weighted by molar-refractivity contribution is -0.135. The monoisotopic (exact) mass is 510 g/mol. The minimum atomic E-state index is -0.706. The fraction of sp³-hybridized carbons (Fsp3) is 0.462. The Kier molecular flexibility index (Phi) is 8.12. The van der Waals surface area contributed by atoms with E-state index in [0.29, 0.717) is 42.7 Å². The number of carbonyl (C=O) groups is 2. The van der Waals surface area contributed by atoms with E-state index in [0.717, 1.165) is 5.69 Å². The topological polar surface area (TPSA) is 137 Å². The third-order valence-electron chi connectivity index (χ3n) is 6.56. The first-order valence-corrected chi connectivity index (χ1v) is 12.4. The van der Waals surface area contributed by atoms with Crippen LogP contribution in [0.15, 0.2) is 47.1 Å². The van der Waals surface area contributed by atoms with Gasteiger partial charge in [0.2, 0.25) is 5.91 Å². The number of hydrogen-bond donors (Lipinski definition) is 3. The Hall–Kier alpha value is -3.86. The van der Waals surface area contributed by atoms with Crippen molar-refractivity contribution in [2.45, 2.75) is 38.3 Å². The van der Waals surface area contributed by atoms with Crippen LogP contribution in [0.25, 0.3) is 0 Å². The summed E-state index contributed by atoms with van der Waals surface area (Å²) in [7, 11) is 3.21. The molecule has 11 nitrogen and oxygen atoms in total. The zero-order valence-electron chi connectivity index (χ0n) is 21.5. The highest BCUT2D eigenvalue weighted by molar-refractivity contribution is 5.92. The van der Waals surface area contributed by atoms with E-state index in [2.05, 4.69) is 20.4 Å². The molecule has 0 bridgehead atoms. The summed E-state index contributed by atoms with van der Waals surface area (Å²) in [6.45, 7) is 5.09. The Morgan fingerprint density at radius 1 is 1.32 bits per heavy atom. The van der Waals surface area contributed by atoms with E-state index in [4.69, 9.17) is 9.26 Å². The van der Waals surface area contributed by atoms with Crippen LogP contribution in [-0.2, 0) is 4.79 Å². The summed E-state index contributed by atoms with van der Waals surface area (Å²) in [6.07, 6.45) is 1.09. The van der Waals surface area contributed by atoms with Crippen LogP contribution < -0.4 is 10.1 Å². The van der Waals surface area contributed by atoms with Crippen molar-refractivity contribution in [3.63, 3.8) is 0 Å². The van der Waals surface area contributed by atoms with Crippen LogP contribution in [0.5, 0.6) is 5.88 Å². The van der Waals surface area contributed by atoms with Crippen LogP contribution in [0.2, 0.25) is 0 Å². The van der Waals surface area contributed by atoms with Crippen molar-refractivity contribution < 1.29 is 24.0 Å². The molecule has 0 saturated carbocycles. The van der Waals surface area contributed by atoms with E-state index in [1.807, 2.05) is 44.2 Å². The second-order valence-electron chi connectivity index (χ2n) is 9.59. The van der Waals surface area contributed by atoms with Crippen molar-refractivity contribution in [1.82, 2.24) is 24.9 Å². The molecule has 2 amide bonds. The summed E-state index contributed by atoms with van der Waals surface area (Å²) in [6, 6.07) is 10.9. The van der Waals surface area contributed by atoms with Crippen molar-refractivity contribution in [1.29, 1.82) is 0 Å². The van der Waals surface area contributed by atoms with Gasteiger partial charge in [0.15, 0.2) is 5.76 Å². The van der Waals surface area contributed by atoms with Gasteiger partial charge in [0.1, 0.15) is 17.4 Å². The molecule has 1 unspecified atom stereocenters. The van der Waals surface area contributed by atoms with Gasteiger partial charge in [-0.2, -0.15) is 0 Å². The molecule has 1 saturated heterocycles. The van der Waals surface area contributed by atoms with E-state index in [-0.39, 0.29) is 24.3 Å². The number of benzene rings is 1. The number of rotatable bonds is 10. The van der Waals surface area contributed by atoms with Crippen LogP contribution in [0.3, 0.4) is 0 Å². The molecule has 3 heterocycles. The first-order valence-electron chi connectivity index (χ1n) is 12.4. The molecule has 1 aromatic carbocycles. The average molecular weight is 511 g/mol. The molecule has 0 aliphatic carbocycles. The molecule has 198 valence electrons. The fourth-order valence-corrected chi connectivity index (χ4v) is 4.59. The van der Waals surface area contributed by atoms with Crippen LogP contribution >= 0.6 is 0 Å². The van der Waals surface area contributed by atoms with Crippen LogP contribution in [0.1, 0.15) is 54.3 Å². The zero-order chi connectivity index (χ0) is 26.5. The van der Waals surface area contributed by atoms with Crippen molar-refractivity contribution in [3.05, 3.63) is 59.9 Å². The molecule has 4 rings (SSSR count). The Balaban J connectivity index is 1.44. The molecule has 37 heavy (non-hydrogen) atoms. The Labute approximate surface area is 215 Å². The second kappa shape index (κ2) is 11.5. The van der Waals surface area contributed by atoms with Crippen molar-refractivity contribution in [2.75, 3.05) is 39.1 Å². The number of aliphatic hydroxyl groups excluding tert-OH is 1. The van der Waals surface area contributed by atoms with Gasteiger partial charge in [-0.3, -0.25) is 9.59 Å². The molecule has 3 N–H and O–H groups in total. The predicted octanol–water partition coefficient (Wildman–Crippen LogP) is 2.66. The van der Waals surface area contributed by atoms with Crippen LogP contribution in [0, 0.1) is 5.92 Å². The van der Waals surface area contributed by atoms with Gasteiger partial charge in [-0.15, -0.1) is 0 Å². The number of amides is 2. The SMILES string of the molecule is COc1cc(C(C(=O)N2C[C@H](O)C[C@H]2c2ncc(C(=O)N(C)CCNc3ccccc3)[nH]2)C(C)C)on1. The highest BCUT2D eigenvalue weighted by Crippen LogP contribution is 2.36. The molecular weight excluding hydrogens is 476 g/mol. The molecule has 1 fully saturated rings. The van der Waals surface area contributed by atoms with Crippen LogP contribution in [0.4, 0.5) is 5.69 Å². The highest BCUT2D eigenvalue weighted by atomic mass is 16.5. The first-order chi connectivity index (χ1) is 17.8. The third-order valence-corrected chi connectivity index (χ3v) is 6.56. The van der Waals surface area contributed by atoms with Gasteiger partial charge in [0.25, 0.3) is 11.8 Å². The largest absolute Gasteiger partial charge is 0.479 e. The average Bonchev–Trinajstić information content (AvgIpc) is 3.63. The number of aromatic amines is 1. The van der Waals surface area contributed by atoms with Gasteiger partial charge in [0.05, 0.1) is 25.5 Å². The van der Waals surface area contributed by atoms with Crippen molar-refractivity contribution in [3.8, 4) is 5.88 Å². The minimum Gasteiger partial charge on any atom is -0.479 e. The fourth-order valence-electron chi connectivity index (χ4n) is 4.59. The van der Waals surface area contributed by atoms with E-state index in [9.17, 15) is 14.7 Å². The molecular formula is C26H34N6O5. The quantitative estimate of drug-likeness (QED) is 0.379. The minimum absolute atomic E-state index is 0.0876. The standard InChI is InChI=1S/C26H34N6O5/c1-16(2)23(21-13-22(36-4)30-37-21)26(35)32-15-18(33)12-20(32)24-28-14-19(29-24)25(34)31(3)11-10-27-17-8-6-5-7-9-17/h5-9,13-14,16,18,20,23,27,33H,10-12,15H2,1-4H3,(H,28,29)/t18-,20+,23?/m1/s1. The Morgan fingerprint density at radius 3 is 2.76 bits per heavy atom. The van der Waals surface area contributed by atoms with E-state index >= 15 is 0 Å². The number of ether oxygens (including phenoxy) is 1. The second-order valence-corrected chi connectivity index (χ2v) is 9.59. The van der Waals surface area contributed by atoms with Gasteiger partial charge in [-0.25, -0.2) is 4.98 Å². The van der Waals surface area contributed by atoms with E-state index in [1.54, 1.807) is 22.9 Å². The first kappa shape index (κ1) is 26.2. The third kappa shape index (κ3) is 5.93. The van der Waals surface area contributed by atoms with E-state index < -0.39 is 18.1 Å². The molecule has 3 atom stereocenters. The Bertz CT molecular complexity index is 1190. The van der Waals surface area contributed by atoms with Crippen molar-refractivity contribution in [2.24, 2.45) is 5.92 Å². The summed E-state index contributed by atoms with van der Waals surface area (Å²) in [5, 5.41) is 17.6. The van der Waals surface area contributed by atoms with Crippen LogP contribution in [-0.4, -0.2) is 81.7 Å². The number of likely N-dealkylation sites (tertiary alicyclic amines) is 1. The van der Waals surface area contributed by atoms with Gasteiger partial charge in [-0.05, 0) is 23.2 Å². The van der Waals surface area contributed by atoms with Gasteiger partial charge in [-0.1, -0.05) is 32.0 Å². The molecule has 3 aromatic rings. The zero-order valence-corrected chi connectivity index (χ0v) is 21.5. The smallest absolute Gasteiger partial charge is 0.271 e. The number of H-pyrrole nitrogens is 1. The van der Waals surface area contributed by atoms with Gasteiger partial charge in [0, 0.05) is 44.9 Å². The number of nitrogens with zero attached hydrogens (tertiary/aromatic N) is 4. The maximum Gasteiger partial charge on any atom is 0.271 e. The van der Waals surface area contributed by atoms with Gasteiger partial charge >= 0.3 is 0 Å². The number of anilines is 1. The summed E-state index contributed by atoms with van der Waals surface area (Å²) < 4.78 is 10.5. The lowest BCUT2D eigenvalue weighted by Gasteiger charge is -2.28. The number of β-amino-alcohol motifs (C(OH)–C–C–N with tert-alkyl or cyclic N) is 1. The predicted molar refractivity (Wildman–Crippen MR) is 136 cm³/mol. The number of likely N-dealkylation sites (N-methyl/N-ethyl adjacent to an activating group) is 1. The number of aromatic nitrogens is 3. The maximum atomic E-state index is 13.7. The number of nitrogens with one attached hydrogen (secondary N) is 2. The molecule has 1 aliphatic heterocycles.